The molecule has 0 atom stereocenters. The number of ether oxygens (including phenoxy) is 2. The van der Waals surface area contributed by atoms with E-state index in [2.05, 4.69) is 21.5 Å². The largest absolute Gasteiger partial charge is 0.467 e. The molecule has 0 spiro atoms. The van der Waals surface area contributed by atoms with Gasteiger partial charge in [-0.1, -0.05) is 6.08 Å². The van der Waals surface area contributed by atoms with Crippen molar-refractivity contribution < 1.29 is 9.47 Å². The lowest BCUT2D eigenvalue weighted by Gasteiger charge is -2.04. The second kappa shape index (κ2) is 6.19. The minimum Gasteiger partial charge on any atom is -0.467 e. The first-order chi connectivity index (χ1) is 7.26. The summed E-state index contributed by atoms with van der Waals surface area (Å²) in [6, 6.07) is 0.324. The Morgan fingerprint density at radius 3 is 2.73 bits per heavy atom. The number of nitrogens with zero attached hydrogens (tertiary/aromatic N) is 3. The number of allylic oxidation sites excluding steroid dienone is 1. The van der Waals surface area contributed by atoms with E-state index < -0.39 is 0 Å². The Labute approximate surface area is 93.1 Å². The van der Waals surface area contributed by atoms with Crippen molar-refractivity contribution in [2.45, 2.75) is 12.8 Å². The van der Waals surface area contributed by atoms with Crippen molar-refractivity contribution in [1.29, 1.82) is 0 Å². The van der Waals surface area contributed by atoms with E-state index in [1.165, 1.54) is 7.11 Å². The first-order valence-corrected chi connectivity index (χ1v) is 4.83. The van der Waals surface area contributed by atoms with Crippen LogP contribution in [0.1, 0.15) is 12.8 Å². The van der Waals surface area contributed by atoms with Gasteiger partial charge in [-0.25, -0.2) is 0 Å². The Balaban J connectivity index is 2.52. The van der Waals surface area contributed by atoms with Crippen LogP contribution in [0, 0.1) is 0 Å². The van der Waals surface area contributed by atoms with Gasteiger partial charge in [0.25, 0.3) is 0 Å². The molecule has 1 heterocycles. The molecule has 0 unspecified atom stereocenters. The molecule has 15 heavy (non-hydrogen) atoms. The summed E-state index contributed by atoms with van der Waals surface area (Å²) in [6.45, 7) is 4.12. The van der Waals surface area contributed by atoms with Crippen LogP contribution in [0.15, 0.2) is 12.7 Å². The summed E-state index contributed by atoms with van der Waals surface area (Å²) in [5.74, 6) is 0. The molecule has 82 valence electrons. The minimum absolute atomic E-state index is 0.0561. The third kappa shape index (κ3) is 4.12. The molecule has 0 N–H and O–H groups in total. The maximum Gasteiger partial charge on any atom is 0.323 e. The molecule has 1 aromatic rings. The molecular weight excluding hydrogens is 218 g/mol. The molecular formula is C9H12ClN3O2. The normalized spacial score (nSPS) is 9.73. The molecule has 0 amide bonds. The summed E-state index contributed by atoms with van der Waals surface area (Å²) in [4.78, 5) is 11.4. The molecule has 0 bridgehead atoms. The highest BCUT2D eigenvalue weighted by Crippen LogP contribution is 2.12. The zero-order valence-corrected chi connectivity index (χ0v) is 9.20. The van der Waals surface area contributed by atoms with Crippen molar-refractivity contribution in [3.8, 4) is 12.0 Å². The van der Waals surface area contributed by atoms with Crippen LogP contribution in [0.4, 0.5) is 0 Å². The van der Waals surface area contributed by atoms with Crippen LogP contribution in [0.5, 0.6) is 12.0 Å². The Hall–Kier alpha value is -1.36. The van der Waals surface area contributed by atoms with Gasteiger partial charge in [-0.2, -0.15) is 9.97 Å². The lowest BCUT2D eigenvalue weighted by Crippen LogP contribution is -2.03. The second-order valence-corrected chi connectivity index (χ2v) is 2.99. The van der Waals surface area contributed by atoms with E-state index in [-0.39, 0.29) is 17.3 Å². The fourth-order valence-corrected chi connectivity index (χ4v) is 1.01. The Kier molecular flexibility index (Phi) is 4.83. The third-order valence-corrected chi connectivity index (χ3v) is 1.70. The summed E-state index contributed by atoms with van der Waals surface area (Å²) in [7, 11) is 1.45. The Morgan fingerprint density at radius 1 is 1.33 bits per heavy atom. The maximum atomic E-state index is 5.63. The van der Waals surface area contributed by atoms with Gasteiger partial charge in [0.1, 0.15) is 0 Å². The molecule has 5 nitrogen and oxygen atoms in total. The SMILES string of the molecule is C=CCCCOc1nc(Cl)nc(OC)n1. The summed E-state index contributed by atoms with van der Waals surface area (Å²) < 4.78 is 10.1. The lowest BCUT2D eigenvalue weighted by molar-refractivity contribution is 0.277. The smallest absolute Gasteiger partial charge is 0.323 e. The average molecular weight is 230 g/mol. The van der Waals surface area contributed by atoms with Gasteiger partial charge in [0.05, 0.1) is 13.7 Å². The average Bonchev–Trinajstić information content (AvgIpc) is 2.23. The molecule has 1 rings (SSSR count). The van der Waals surface area contributed by atoms with Crippen LogP contribution >= 0.6 is 11.6 Å². The molecule has 0 aliphatic carbocycles. The monoisotopic (exact) mass is 229 g/mol. The van der Waals surface area contributed by atoms with E-state index in [1.54, 1.807) is 0 Å². The highest BCUT2D eigenvalue weighted by molar-refractivity contribution is 6.28. The third-order valence-electron chi connectivity index (χ3n) is 1.53. The van der Waals surface area contributed by atoms with Crippen molar-refractivity contribution in [2.24, 2.45) is 0 Å². The first-order valence-electron chi connectivity index (χ1n) is 4.45. The van der Waals surface area contributed by atoms with Gasteiger partial charge in [0.2, 0.25) is 5.28 Å². The second-order valence-electron chi connectivity index (χ2n) is 2.65. The summed E-state index contributed by atoms with van der Waals surface area (Å²) in [5.41, 5.74) is 0. The van der Waals surface area contributed by atoms with Crippen LogP contribution in [0.25, 0.3) is 0 Å². The van der Waals surface area contributed by atoms with Gasteiger partial charge >= 0.3 is 12.0 Å². The fraction of sp³-hybridized carbons (Fsp3) is 0.444. The molecule has 0 saturated carbocycles. The number of methoxy groups -OCH3 is 1. The Morgan fingerprint density at radius 2 is 2.07 bits per heavy atom. The number of hydrogen-bond donors (Lipinski definition) is 0. The summed E-state index contributed by atoms with van der Waals surface area (Å²) in [5, 5.41) is 0.0561. The summed E-state index contributed by atoms with van der Waals surface area (Å²) in [6.07, 6.45) is 3.56. The van der Waals surface area contributed by atoms with E-state index in [9.17, 15) is 0 Å². The maximum absolute atomic E-state index is 5.63. The van der Waals surface area contributed by atoms with Gasteiger partial charge in [-0.05, 0) is 24.4 Å². The van der Waals surface area contributed by atoms with Crippen molar-refractivity contribution in [1.82, 2.24) is 15.0 Å². The highest BCUT2D eigenvalue weighted by Gasteiger charge is 2.05. The van der Waals surface area contributed by atoms with Crippen LogP contribution in [0.3, 0.4) is 0 Å². The first kappa shape index (κ1) is 11.7. The van der Waals surface area contributed by atoms with E-state index in [4.69, 9.17) is 21.1 Å². The zero-order chi connectivity index (χ0) is 11.1. The quantitative estimate of drug-likeness (QED) is 0.551. The van der Waals surface area contributed by atoms with Crippen molar-refractivity contribution in [3.63, 3.8) is 0 Å². The van der Waals surface area contributed by atoms with Crippen LogP contribution < -0.4 is 9.47 Å². The molecule has 0 radical (unpaired) electrons. The molecule has 0 aromatic carbocycles. The minimum atomic E-state index is 0.0561. The van der Waals surface area contributed by atoms with Crippen LogP contribution in [-0.4, -0.2) is 28.7 Å². The molecule has 0 saturated heterocycles. The number of aromatic nitrogens is 3. The Bertz CT molecular complexity index is 333. The predicted molar refractivity (Wildman–Crippen MR) is 56.3 cm³/mol. The number of rotatable bonds is 6. The van der Waals surface area contributed by atoms with Crippen molar-refractivity contribution >= 4 is 11.6 Å². The molecule has 0 aliphatic heterocycles. The standard InChI is InChI=1S/C9H12ClN3O2/c1-3-4-5-6-15-9-12-7(10)11-8(13-9)14-2/h3H,1,4-6H2,2H3. The topological polar surface area (TPSA) is 57.1 Å². The number of halogens is 1. The highest BCUT2D eigenvalue weighted by atomic mass is 35.5. The van der Waals surface area contributed by atoms with E-state index in [0.717, 1.165) is 12.8 Å². The van der Waals surface area contributed by atoms with Crippen LogP contribution in [0.2, 0.25) is 5.28 Å². The lowest BCUT2D eigenvalue weighted by atomic mass is 10.3. The molecule has 0 fully saturated rings. The summed E-state index contributed by atoms with van der Waals surface area (Å²) >= 11 is 5.63. The van der Waals surface area contributed by atoms with Crippen molar-refractivity contribution in [2.75, 3.05) is 13.7 Å². The van der Waals surface area contributed by atoms with Crippen LogP contribution in [-0.2, 0) is 0 Å². The van der Waals surface area contributed by atoms with Gasteiger partial charge < -0.3 is 9.47 Å². The number of hydrogen-bond acceptors (Lipinski definition) is 5. The molecule has 0 aliphatic rings. The molecule has 1 aromatic heterocycles. The van der Waals surface area contributed by atoms with E-state index in [0.29, 0.717) is 6.61 Å². The van der Waals surface area contributed by atoms with E-state index in [1.807, 2.05) is 6.08 Å². The fourth-order valence-electron chi connectivity index (χ4n) is 0.862. The predicted octanol–water partition coefficient (Wildman–Crippen LogP) is 1.88. The van der Waals surface area contributed by atoms with Gasteiger partial charge in [-0.3, -0.25) is 0 Å². The van der Waals surface area contributed by atoms with Crippen molar-refractivity contribution in [3.05, 3.63) is 17.9 Å². The zero-order valence-electron chi connectivity index (χ0n) is 8.44. The number of unbranched alkanes of at least 4 members (excludes halogenated alkanes) is 1. The molecule has 6 heteroatoms. The van der Waals surface area contributed by atoms with Gasteiger partial charge in [0.15, 0.2) is 0 Å². The van der Waals surface area contributed by atoms with Gasteiger partial charge in [0, 0.05) is 0 Å². The van der Waals surface area contributed by atoms with Gasteiger partial charge in [-0.15, -0.1) is 11.6 Å². The van der Waals surface area contributed by atoms with E-state index >= 15 is 0 Å².